The van der Waals surface area contributed by atoms with Crippen LogP contribution in [-0.4, -0.2) is 60.9 Å². The molecule has 1 saturated heterocycles. The van der Waals surface area contributed by atoms with Gasteiger partial charge in [0.25, 0.3) is 0 Å². The van der Waals surface area contributed by atoms with Gasteiger partial charge >= 0.3 is 0 Å². The molecule has 2 unspecified atom stereocenters. The van der Waals surface area contributed by atoms with Crippen molar-refractivity contribution in [3.63, 3.8) is 0 Å². The van der Waals surface area contributed by atoms with Crippen molar-refractivity contribution in [3.8, 4) is 0 Å². The molecule has 1 aliphatic rings. The summed E-state index contributed by atoms with van der Waals surface area (Å²) in [6, 6.07) is 4.30. The molecule has 1 aromatic rings. The molecule has 0 aliphatic carbocycles. The van der Waals surface area contributed by atoms with Crippen LogP contribution in [0.3, 0.4) is 0 Å². The molecule has 1 aliphatic heterocycles. The topological polar surface area (TPSA) is 89.9 Å². The van der Waals surface area contributed by atoms with Crippen molar-refractivity contribution in [3.05, 3.63) is 28.2 Å². The van der Waals surface area contributed by atoms with Gasteiger partial charge in [0, 0.05) is 35.2 Å². The van der Waals surface area contributed by atoms with Crippen molar-refractivity contribution < 1.29 is 18.6 Å². The first-order chi connectivity index (χ1) is 11.6. The van der Waals surface area contributed by atoms with Crippen molar-refractivity contribution in [2.75, 3.05) is 13.1 Å². The zero-order chi connectivity index (χ0) is 18.8. The van der Waals surface area contributed by atoms with Crippen LogP contribution < -0.4 is 4.72 Å². The molecule has 0 aromatic heterocycles. The average molecular weight is 411 g/mol. The van der Waals surface area contributed by atoms with Crippen LogP contribution in [0.5, 0.6) is 0 Å². The van der Waals surface area contributed by atoms with Crippen LogP contribution >= 0.6 is 23.2 Å². The van der Waals surface area contributed by atoms with E-state index in [1.54, 1.807) is 0 Å². The molecule has 3 N–H and O–H groups in total. The number of halogens is 2. The summed E-state index contributed by atoms with van der Waals surface area (Å²) in [5.41, 5.74) is 0. The maximum absolute atomic E-state index is 12.3. The van der Waals surface area contributed by atoms with Crippen LogP contribution in [0.2, 0.25) is 10.0 Å². The van der Waals surface area contributed by atoms with Crippen LogP contribution in [0.4, 0.5) is 0 Å². The number of nitrogens with zero attached hydrogens (tertiary/aromatic N) is 1. The van der Waals surface area contributed by atoms with Gasteiger partial charge in [0.1, 0.15) is 0 Å². The molecule has 1 fully saturated rings. The lowest BCUT2D eigenvalue weighted by Gasteiger charge is -2.42. The minimum Gasteiger partial charge on any atom is -0.393 e. The van der Waals surface area contributed by atoms with Crippen LogP contribution in [0.25, 0.3) is 0 Å². The summed E-state index contributed by atoms with van der Waals surface area (Å²) in [6.45, 7) is 4.19. The standard InChI is InChI=1S/C16H24Cl2N2O4S/c1-10-3-14(21)4-11(2)20(10)9-15(22)8-19-25(23,24)16-6-12(17)5-13(18)7-16/h5-7,10-11,14-15,19,21-22H,3-4,8-9H2,1-2H3/t10?,11?,14?,15-/m0/s1. The number of aliphatic hydroxyl groups excluding tert-OH is 2. The first-order valence-electron chi connectivity index (χ1n) is 8.16. The highest BCUT2D eigenvalue weighted by Crippen LogP contribution is 2.24. The van der Waals surface area contributed by atoms with Gasteiger partial charge in [0.05, 0.1) is 17.1 Å². The summed E-state index contributed by atoms with van der Waals surface area (Å²) in [4.78, 5) is 2.04. The fourth-order valence-corrected chi connectivity index (χ4v) is 5.03. The van der Waals surface area contributed by atoms with Gasteiger partial charge in [0.15, 0.2) is 0 Å². The van der Waals surface area contributed by atoms with E-state index >= 15 is 0 Å². The smallest absolute Gasteiger partial charge is 0.240 e. The molecule has 0 bridgehead atoms. The summed E-state index contributed by atoms with van der Waals surface area (Å²) in [6.07, 6.45) is 0.0854. The van der Waals surface area contributed by atoms with E-state index in [1.165, 1.54) is 18.2 Å². The summed E-state index contributed by atoms with van der Waals surface area (Å²) >= 11 is 11.7. The van der Waals surface area contributed by atoms with E-state index in [4.69, 9.17) is 23.2 Å². The zero-order valence-electron chi connectivity index (χ0n) is 14.2. The number of hydrogen-bond acceptors (Lipinski definition) is 5. The van der Waals surface area contributed by atoms with Crippen LogP contribution in [0.15, 0.2) is 23.1 Å². The van der Waals surface area contributed by atoms with Crippen molar-refractivity contribution in [1.82, 2.24) is 9.62 Å². The number of β-amino-alcohol motifs (C(OH)–C–C–N with tert-alkyl or cyclic N) is 1. The Kier molecular flexibility index (Phi) is 7.12. The minimum absolute atomic E-state index is 0.0416. The summed E-state index contributed by atoms with van der Waals surface area (Å²) in [5.74, 6) is 0. The maximum atomic E-state index is 12.3. The molecule has 2 rings (SSSR count). The quantitative estimate of drug-likeness (QED) is 0.665. The summed E-state index contributed by atoms with van der Waals surface area (Å²) in [7, 11) is -3.81. The number of hydrogen-bond donors (Lipinski definition) is 3. The number of nitrogens with one attached hydrogen (secondary N) is 1. The maximum Gasteiger partial charge on any atom is 0.240 e. The highest BCUT2D eigenvalue weighted by atomic mass is 35.5. The Labute approximate surface area is 158 Å². The molecule has 1 heterocycles. The molecule has 1 aromatic carbocycles. The Morgan fingerprint density at radius 1 is 1.20 bits per heavy atom. The van der Waals surface area contributed by atoms with Gasteiger partial charge in [-0.05, 0) is 44.9 Å². The average Bonchev–Trinajstić information content (AvgIpc) is 2.48. The molecule has 142 valence electrons. The molecule has 0 spiro atoms. The predicted molar refractivity (Wildman–Crippen MR) is 98.5 cm³/mol. The van der Waals surface area contributed by atoms with Gasteiger partial charge in [-0.1, -0.05) is 23.2 Å². The van der Waals surface area contributed by atoms with E-state index in [-0.39, 0.29) is 39.7 Å². The van der Waals surface area contributed by atoms with Crippen molar-refractivity contribution in [2.45, 2.75) is 55.9 Å². The fourth-order valence-electron chi connectivity index (χ4n) is 3.23. The Balaban J connectivity index is 1.95. The van der Waals surface area contributed by atoms with Crippen molar-refractivity contribution in [1.29, 1.82) is 0 Å². The van der Waals surface area contributed by atoms with Gasteiger partial charge in [-0.15, -0.1) is 0 Å². The van der Waals surface area contributed by atoms with E-state index in [0.29, 0.717) is 19.4 Å². The van der Waals surface area contributed by atoms with E-state index < -0.39 is 16.1 Å². The number of benzene rings is 1. The van der Waals surface area contributed by atoms with E-state index in [1.807, 2.05) is 13.8 Å². The Morgan fingerprint density at radius 3 is 2.24 bits per heavy atom. The minimum atomic E-state index is -3.81. The second-order valence-electron chi connectivity index (χ2n) is 6.63. The number of likely N-dealkylation sites (tertiary alicyclic amines) is 1. The summed E-state index contributed by atoms with van der Waals surface area (Å²) in [5, 5.41) is 20.5. The van der Waals surface area contributed by atoms with Crippen LogP contribution in [0, 0.1) is 0 Å². The fraction of sp³-hybridized carbons (Fsp3) is 0.625. The van der Waals surface area contributed by atoms with E-state index in [0.717, 1.165) is 0 Å². The highest BCUT2D eigenvalue weighted by molar-refractivity contribution is 7.89. The van der Waals surface area contributed by atoms with Crippen LogP contribution in [0.1, 0.15) is 26.7 Å². The van der Waals surface area contributed by atoms with E-state index in [2.05, 4.69) is 9.62 Å². The van der Waals surface area contributed by atoms with Gasteiger partial charge in [-0.3, -0.25) is 4.90 Å². The molecule has 0 saturated carbocycles. The van der Waals surface area contributed by atoms with Gasteiger partial charge in [0.2, 0.25) is 10.0 Å². The number of sulfonamides is 1. The zero-order valence-corrected chi connectivity index (χ0v) is 16.5. The first kappa shape index (κ1) is 20.9. The van der Waals surface area contributed by atoms with Gasteiger partial charge in [-0.2, -0.15) is 0 Å². The molecule has 25 heavy (non-hydrogen) atoms. The lowest BCUT2D eigenvalue weighted by molar-refractivity contribution is -0.0100. The third kappa shape index (κ3) is 5.79. The normalized spacial score (nSPS) is 26.6. The third-order valence-corrected chi connectivity index (χ3v) is 6.28. The largest absolute Gasteiger partial charge is 0.393 e. The molecule has 9 heteroatoms. The monoisotopic (exact) mass is 410 g/mol. The van der Waals surface area contributed by atoms with Crippen LogP contribution in [-0.2, 0) is 10.0 Å². The Hall–Kier alpha value is -0.410. The molecule has 0 radical (unpaired) electrons. The SMILES string of the molecule is CC1CC(O)CC(C)N1C[C@@H](O)CNS(=O)(=O)c1cc(Cl)cc(Cl)c1. The van der Waals surface area contributed by atoms with Crippen molar-refractivity contribution >= 4 is 33.2 Å². The number of rotatable bonds is 6. The Morgan fingerprint density at radius 2 is 1.72 bits per heavy atom. The lowest BCUT2D eigenvalue weighted by atomic mass is 9.94. The lowest BCUT2D eigenvalue weighted by Crippen LogP contribution is -2.52. The van der Waals surface area contributed by atoms with Gasteiger partial charge in [-0.25, -0.2) is 13.1 Å². The summed E-state index contributed by atoms with van der Waals surface area (Å²) < 4.78 is 27.0. The third-order valence-electron chi connectivity index (χ3n) is 4.44. The molecule has 6 nitrogen and oxygen atoms in total. The number of piperidine rings is 1. The van der Waals surface area contributed by atoms with E-state index in [9.17, 15) is 18.6 Å². The number of aliphatic hydroxyl groups is 2. The van der Waals surface area contributed by atoms with Crippen molar-refractivity contribution in [2.24, 2.45) is 0 Å². The second-order valence-corrected chi connectivity index (χ2v) is 9.27. The van der Waals surface area contributed by atoms with Gasteiger partial charge < -0.3 is 10.2 Å². The second kappa shape index (κ2) is 8.52. The highest BCUT2D eigenvalue weighted by Gasteiger charge is 2.31. The Bertz CT molecular complexity index is 669. The molecular weight excluding hydrogens is 387 g/mol. The molecule has 3 atom stereocenters. The predicted octanol–water partition coefficient (Wildman–Crippen LogP) is 1.87. The molecular formula is C16H24Cl2N2O4S. The first-order valence-corrected chi connectivity index (χ1v) is 10.4. The molecule has 0 amide bonds.